The third kappa shape index (κ3) is 2.78. The van der Waals surface area contributed by atoms with Gasteiger partial charge in [0.15, 0.2) is 5.43 Å². The molecular weight excluding hydrogens is 312 g/mol. The molecule has 0 aliphatic carbocycles. The van der Waals surface area contributed by atoms with Crippen molar-refractivity contribution >= 4 is 17.1 Å². The molecule has 0 N–H and O–H groups in total. The van der Waals surface area contributed by atoms with Crippen LogP contribution in [0.2, 0.25) is 0 Å². The molecule has 3 aromatic rings. The molecule has 0 unspecified atom stereocenters. The van der Waals surface area contributed by atoms with Crippen molar-refractivity contribution in [1.82, 2.24) is 14.8 Å². The fourth-order valence-electron chi connectivity index (χ4n) is 3.07. The van der Waals surface area contributed by atoms with Crippen LogP contribution in [-0.2, 0) is 13.5 Å². The summed E-state index contributed by atoms with van der Waals surface area (Å²) in [5.74, 6) is 0. The van der Waals surface area contributed by atoms with Crippen molar-refractivity contribution in [2.75, 3.05) is 0 Å². The average Bonchev–Trinajstić information content (AvgIpc) is 2.89. The highest BCUT2D eigenvalue weighted by Gasteiger charge is 2.12. The molecular formula is C20H18N4O. The third-order valence-electron chi connectivity index (χ3n) is 4.52. The summed E-state index contributed by atoms with van der Waals surface area (Å²) >= 11 is 0. The van der Waals surface area contributed by atoms with E-state index in [9.17, 15) is 4.79 Å². The molecule has 0 fully saturated rings. The predicted octanol–water partition coefficient (Wildman–Crippen LogP) is 3.26. The minimum Gasteiger partial charge on any atom is -0.289 e. The molecule has 0 saturated heterocycles. The van der Waals surface area contributed by atoms with Crippen LogP contribution in [0.3, 0.4) is 0 Å². The van der Waals surface area contributed by atoms with Gasteiger partial charge < -0.3 is 0 Å². The van der Waals surface area contributed by atoms with Crippen molar-refractivity contribution in [3.05, 3.63) is 69.9 Å². The van der Waals surface area contributed by atoms with Crippen LogP contribution in [0.5, 0.6) is 0 Å². The Kier molecular flexibility index (Phi) is 3.76. The number of aliphatic imine (C=N–C) groups is 1. The van der Waals surface area contributed by atoms with Gasteiger partial charge in [0.2, 0.25) is 0 Å². The van der Waals surface area contributed by atoms with E-state index in [2.05, 4.69) is 22.0 Å². The summed E-state index contributed by atoms with van der Waals surface area (Å²) in [6, 6.07) is 5.74. The van der Waals surface area contributed by atoms with E-state index in [4.69, 9.17) is 0 Å². The van der Waals surface area contributed by atoms with Gasteiger partial charge in [-0.2, -0.15) is 5.10 Å². The van der Waals surface area contributed by atoms with E-state index in [1.807, 2.05) is 37.5 Å². The average molecular weight is 330 g/mol. The zero-order valence-electron chi connectivity index (χ0n) is 14.2. The number of hydrogen-bond acceptors (Lipinski definition) is 4. The molecule has 5 nitrogen and oxygen atoms in total. The monoisotopic (exact) mass is 330 g/mol. The Bertz CT molecular complexity index is 1090. The van der Waals surface area contributed by atoms with Gasteiger partial charge in [-0.1, -0.05) is 19.1 Å². The quantitative estimate of drug-likeness (QED) is 0.724. The first-order valence-corrected chi connectivity index (χ1v) is 8.34. The lowest BCUT2D eigenvalue weighted by Crippen LogP contribution is -2.08. The molecule has 1 aliphatic heterocycles. The summed E-state index contributed by atoms with van der Waals surface area (Å²) in [6.45, 7) is 2.07. The van der Waals surface area contributed by atoms with Crippen LogP contribution in [0, 0.1) is 0 Å². The van der Waals surface area contributed by atoms with Crippen LogP contribution < -0.4 is 5.43 Å². The molecule has 0 amide bonds. The summed E-state index contributed by atoms with van der Waals surface area (Å²) in [6.07, 6.45) is 10.8. The van der Waals surface area contributed by atoms with E-state index in [0.29, 0.717) is 17.3 Å². The van der Waals surface area contributed by atoms with Crippen LogP contribution in [0.15, 0.2) is 58.3 Å². The van der Waals surface area contributed by atoms with Gasteiger partial charge in [0.25, 0.3) is 0 Å². The second-order valence-corrected chi connectivity index (χ2v) is 6.17. The van der Waals surface area contributed by atoms with Crippen LogP contribution >= 0.6 is 0 Å². The first-order chi connectivity index (χ1) is 12.2. The number of nitrogens with zero attached hydrogens (tertiary/aromatic N) is 4. The Labute approximate surface area is 145 Å². The predicted molar refractivity (Wildman–Crippen MR) is 99.9 cm³/mol. The smallest absolute Gasteiger partial charge is 0.192 e. The largest absolute Gasteiger partial charge is 0.289 e. The Hall–Kier alpha value is -3.08. The van der Waals surface area contributed by atoms with Gasteiger partial charge >= 0.3 is 0 Å². The first kappa shape index (κ1) is 15.4. The normalized spacial score (nSPS) is 13.4. The SMILES string of the molecule is CCC1=CCc2c(ccc3ncc(-c4cnn(C)c4)cc3c2=O)C=N1. The number of pyridine rings is 1. The van der Waals surface area contributed by atoms with Crippen molar-refractivity contribution in [2.45, 2.75) is 19.8 Å². The third-order valence-corrected chi connectivity index (χ3v) is 4.52. The zero-order valence-corrected chi connectivity index (χ0v) is 14.2. The summed E-state index contributed by atoms with van der Waals surface area (Å²) in [5.41, 5.74) is 5.20. The van der Waals surface area contributed by atoms with Gasteiger partial charge in [-0.15, -0.1) is 0 Å². The Morgan fingerprint density at radius 3 is 2.84 bits per heavy atom. The fourth-order valence-corrected chi connectivity index (χ4v) is 3.07. The molecule has 0 radical (unpaired) electrons. The van der Waals surface area contributed by atoms with E-state index in [1.54, 1.807) is 23.3 Å². The maximum atomic E-state index is 13.2. The minimum absolute atomic E-state index is 0.0216. The number of fused-ring (bicyclic) bond motifs is 2. The van der Waals surface area contributed by atoms with E-state index >= 15 is 0 Å². The van der Waals surface area contributed by atoms with E-state index < -0.39 is 0 Å². The number of allylic oxidation sites excluding steroid dienone is 2. The molecule has 0 saturated carbocycles. The maximum Gasteiger partial charge on any atom is 0.192 e. The summed E-state index contributed by atoms with van der Waals surface area (Å²) in [4.78, 5) is 22.1. The molecule has 124 valence electrons. The van der Waals surface area contributed by atoms with Crippen molar-refractivity contribution in [1.29, 1.82) is 0 Å². The molecule has 0 spiro atoms. The standard InChI is InChI=1S/C20H18N4O/c1-3-16-5-6-17-13(9-21-16)4-7-19-18(20(17)25)8-14(10-22-19)15-11-23-24(2)12-15/h4-5,7-12H,3,6H2,1-2H3. The van der Waals surface area contributed by atoms with Gasteiger partial charge in [-0.25, -0.2) is 0 Å². The molecule has 4 rings (SSSR count). The van der Waals surface area contributed by atoms with E-state index in [1.165, 1.54) is 0 Å². The van der Waals surface area contributed by atoms with E-state index in [0.717, 1.165) is 34.4 Å². The second-order valence-electron chi connectivity index (χ2n) is 6.17. The van der Waals surface area contributed by atoms with Crippen molar-refractivity contribution in [2.24, 2.45) is 12.0 Å². The Balaban J connectivity index is 1.95. The molecule has 0 bridgehead atoms. The van der Waals surface area contributed by atoms with Crippen LogP contribution in [0.1, 0.15) is 24.5 Å². The van der Waals surface area contributed by atoms with Crippen LogP contribution in [-0.4, -0.2) is 21.0 Å². The summed E-state index contributed by atoms with van der Waals surface area (Å²) in [7, 11) is 1.87. The number of hydrogen-bond donors (Lipinski definition) is 0. The lowest BCUT2D eigenvalue weighted by atomic mass is 10.1. The molecule has 5 heteroatoms. The molecule has 1 aliphatic rings. The van der Waals surface area contributed by atoms with Gasteiger partial charge in [0.1, 0.15) is 0 Å². The van der Waals surface area contributed by atoms with E-state index in [-0.39, 0.29) is 5.43 Å². The van der Waals surface area contributed by atoms with Gasteiger partial charge in [0.05, 0.1) is 11.7 Å². The molecule has 25 heavy (non-hydrogen) atoms. The second kappa shape index (κ2) is 6.09. The topological polar surface area (TPSA) is 60.1 Å². The number of rotatable bonds is 2. The minimum atomic E-state index is 0.0216. The van der Waals surface area contributed by atoms with Gasteiger partial charge in [-0.05, 0) is 25.0 Å². The zero-order chi connectivity index (χ0) is 17.4. The fraction of sp³-hybridized carbons (Fsp3) is 0.200. The lowest BCUT2D eigenvalue weighted by molar-refractivity contribution is 0.768. The molecule has 0 atom stereocenters. The van der Waals surface area contributed by atoms with Crippen molar-refractivity contribution in [3.8, 4) is 11.1 Å². The summed E-state index contributed by atoms with van der Waals surface area (Å²) < 4.78 is 1.74. The Morgan fingerprint density at radius 1 is 1.20 bits per heavy atom. The maximum absolute atomic E-state index is 13.2. The highest BCUT2D eigenvalue weighted by molar-refractivity contribution is 5.89. The lowest BCUT2D eigenvalue weighted by Gasteiger charge is -1.99. The van der Waals surface area contributed by atoms with Crippen LogP contribution in [0.25, 0.3) is 22.0 Å². The molecule has 3 heterocycles. The highest BCUT2D eigenvalue weighted by Crippen LogP contribution is 2.22. The first-order valence-electron chi connectivity index (χ1n) is 8.34. The van der Waals surface area contributed by atoms with Crippen LogP contribution in [0.4, 0.5) is 0 Å². The molecule has 2 aromatic heterocycles. The van der Waals surface area contributed by atoms with Gasteiger partial charge in [0, 0.05) is 59.0 Å². The van der Waals surface area contributed by atoms with Gasteiger partial charge in [-0.3, -0.25) is 19.5 Å². The molecule has 1 aromatic carbocycles. The number of aryl methyl sites for hydroxylation is 1. The van der Waals surface area contributed by atoms with Crippen molar-refractivity contribution < 1.29 is 0 Å². The highest BCUT2D eigenvalue weighted by atomic mass is 16.1. The number of aromatic nitrogens is 3. The van der Waals surface area contributed by atoms with Crippen molar-refractivity contribution in [3.63, 3.8) is 0 Å². The summed E-state index contributed by atoms with van der Waals surface area (Å²) in [5, 5.41) is 4.82. The Morgan fingerprint density at radius 2 is 2.08 bits per heavy atom.